The highest BCUT2D eigenvalue weighted by molar-refractivity contribution is 7.89. The quantitative estimate of drug-likeness (QED) is 0.781. The number of nitrogens with zero attached hydrogens (tertiary/aromatic N) is 1. The molecule has 0 aromatic heterocycles. The van der Waals surface area contributed by atoms with Gasteiger partial charge in [0.15, 0.2) is 0 Å². The van der Waals surface area contributed by atoms with E-state index in [2.05, 4.69) is 5.32 Å². The summed E-state index contributed by atoms with van der Waals surface area (Å²) in [5.41, 5.74) is 1.87. The van der Waals surface area contributed by atoms with Gasteiger partial charge in [-0.15, -0.1) is 0 Å². The fourth-order valence-electron chi connectivity index (χ4n) is 2.51. The smallest absolute Gasteiger partial charge is 0.243 e. The minimum atomic E-state index is -3.71. The number of halogens is 1. The van der Waals surface area contributed by atoms with Crippen LogP contribution in [0.5, 0.6) is 0 Å². The predicted molar refractivity (Wildman–Crippen MR) is 104 cm³/mol. The molecule has 0 aliphatic carbocycles. The highest BCUT2D eigenvalue weighted by Gasteiger charge is 2.25. The summed E-state index contributed by atoms with van der Waals surface area (Å²) in [6, 6.07) is 13.5. The first-order valence-corrected chi connectivity index (χ1v) is 10.2. The Morgan fingerprint density at radius 1 is 1.12 bits per heavy atom. The van der Waals surface area contributed by atoms with Gasteiger partial charge in [0.1, 0.15) is 0 Å². The molecule has 26 heavy (non-hydrogen) atoms. The van der Waals surface area contributed by atoms with Gasteiger partial charge in [-0.1, -0.05) is 48.4 Å². The standard InChI is InChI=1S/C19H23ClN2O3S/c1-4-22(26(24,25)18-11-5-14(2)6-12-18)13-19(23)21-15(3)16-7-9-17(20)10-8-16/h5-12,15H,4,13H2,1-3H3,(H,21,23)/t15-/m1/s1. The molecule has 1 N–H and O–H groups in total. The molecule has 0 spiro atoms. The zero-order chi connectivity index (χ0) is 19.3. The molecular weight excluding hydrogens is 372 g/mol. The van der Waals surface area contributed by atoms with Crippen molar-refractivity contribution >= 4 is 27.5 Å². The summed E-state index contributed by atoms with van der Waals surface area (Å²) in [4.78, 5) is 12.5. The molecule has 1 amide bonds. The van der Waals surface area contributed by atoms with Gasteiger partial charge in [0, 0.05) is 11.6 Å². The monoisotopic (exact) mass is 394 g/mol. The predicted octanol–water partition coefficient (Wildman–Crippen LogP) is 3.54. The Bertz CT molecular complexity index is 849. The maximum Gasteiger partial charge on any atom is 0.243 e. The van der Waals surface area contributed by atoms with Crippen molar-refractivity contribution in [1.29, 1.82) is 0 Å². The van der Waals surface area contributed by atoms with Crippen LogP contribution in [0.15, 0.2) is 53.4 Å². The van der Waals surface area contributed by atoms with Crippen LogP contribution < -0.4 is 5.32 Å². The molecule has 0 unspecified atom stereocenters. The summed E-state index contributed by atoms with van der Waals surface area (Å²) in [5.74, 6) is -0.356. The van der Waals surface area contributed by atoms with Gasteiger partial charge in [-0.2, -0.15) is 4.31 Å². The Morgan fingerprint density at radius 2 is 1.69 bits per heavy atom. The number of sulfonamides is 1. The topological polar surface area (TPSA) is 66.5 Å². The zero-order valence-electron chi connectivity index (χ0n) is 15.1. The number of rotatable bonds is 7. The van der Waals surface area contributed by atoms with Gasteiger partial charge >= 0.3 is 0 Å². The van der Waals surface area contributed by atoms with Crippen LogP contribution in [-0.4, -0.2) is 31.7 Å². The van der Waals surface area contributed by atoms with Gasteiger partial charge in [0.05, 0.1) is 17.5 Å². The molecule has 0 radical (unpaired) electrons. The molecule has 0 saturated carbocycles. The summed E-state index contributed by atoms with van der Waals surface area (Å²) >= 11 is 5.87. The van der Waals surface area contributed by atoms with E-state index in [1.165, 1.54) is 4.31 Å². The Balaban J connectivity index is 2.07. The van der Waals surface area contributed by atoms with E-state index in [1.807, 2.05) is 26.0 Å². The van der Waals surface area contributed by atoms with E-state index < -0.39 is 10.0 Å². The molecule has 7 heteroatoms. The number of aryl methyl sites for hydroxylation is 1. The van der Waals surface area contributed by atoms with Crippen molar-refractivity contribution in [3.05, 3.63) is 64.7 Å². The number of likely N-dealkylation sites (N-methyl/N-ethyl adjacent to an activating group) is 1. The first kappa shape index (κ1) is 20.4. The van der Waals surface area contributed by atoms with E-state index in [0.717, 1.165) is 11.1 Å². The van der Waals surface area contributed by atoms with Crippen LogP contribution in [0.1, 0.15) is 31.0 Å². The molecule has 140 valence electrons. The van der Waals surface area contributed by atoms with Crippen LogP contribution in [0.2, 0.25) is 5.02 Å². The number of nitrogens with one attached hydrogen (secondary N) is 1. The minimum absolute atomic E-state index is 0.184. The Hall–Kier alpha value is -1.89. The third-order valence-corrected chi connectivity index (χ3v) is 6.27. The van der Waals surface area contributed by atoms with Crippen LogP contribution >= 0.6 is 11.6 Å². The average Bonchev–Trinajstić information content (AvgIpc) is 2.60. The second-order valence-corrected chi connectivity index (χ2v) is 8.46. The number of carbonyl (C=O) groups is 1. The Morgan fingerprint density at radius 3 is 2.23 bits per heavy atom. The summed E-state index contributed by atoms with van der Waals surface area (Å²) < 4.78 is 26.6. The van der Waals surface area contributed by atoms with Gasteiger partial charge in [-0.3, -0.25) is 4.79 Å². The zero-order valence-corrected chi connectivity index (χ0v) is 16.6. The summed E-state index contributed by atoms with van der Waals surface area (Å²) in [7, 11) is -3.71. The van der Waals surface area contributed by atoms with Crippen molar-refractivity contribution in [3.8, 4) is 0 Å². The van der Waals surface area contributed by atoms with Crippen molar-refractivity contribution in [2.75, 3.05) is 13.1 Å². The van der Waals surface area contributed by atoms with Crippen LogP contribution in [0.4, 0.5) is 0 Å². The van der Waals surface area contributed by atoms with Crippen LogP contribution in [0, 0.1) is 6.92 Å². The fraction of sp³-hybridized carbons (Fsp3) is 0.316. The number of benzene rings is 2. The lowest BCUT2D eigenvalue weighted by molar-refractivity contribution is -0.121. The van der Waals surface area contributed by atoms with Gasteiger partial charge in [-0.25, -0.2) is 8.42 Å². The lowest BCUT2D eigenvalue weighted by atomic mass is 10.1. The second-order valence-electron chi connectivity index (χ2n) is 6.09. The number of amides is 1. The molecule has 0 bridgehead atoms. The lowest BCUT2D eigenvalue weighted by Crippen LogP contribution is -2.41. The Labute approximate surface area is 160 Å². The second kappa shape index (κ2) is 8.66. The van der Waals surface area contributed by atoms with E-state index in [4.69, 9.17) is 11.6 Å². The van der Waals surface area contributed by atoms with Crippen molar-refractivity contribution in [3.63, 3.8) is 0 Å². The van der Waals surface area contributed by atoms with E-state index in [1.54, 1.807) is 43.3 Å². The minimum Gasteiger partial charge on any atom is -0.348 e. The number of hydrogen-bond donors (Lipinski definition) is 1. The highest BCUT2D eigenvalue weighted by atomic mass is 35.5. The van der Waals surface area contributed by atoms with E-state index in [9.17, 15) is 13.2 Å². The first-order chi connectivity index (χ1) is 12.2. The van der Waals surface area contributed by atoms with Crippen molar-refractivity contribution in [1.82, 2.24) is 9.62 Å². The van der Waals surface area contributed by atoms with Gasteiger partial charge < -0.3 is 5.32 Å². The molecule has 5 nitrogen and oxygen atoms in total. The maximum atomic E-state index is 12.7. The van der Waals surface area contributed by atoms with Crippen LogP contribution in [-0.2, 0) is 14.8 Å². The SMILES string of the molecule is CCN(CC(=O)N[C@H](C)c1ccc(Cl)cc1)S(=O)(=O)c1ccc(C)cc1. The van der Waals surface area contributed by atoms with Crippen molar-refractivity contribution in [2.24, 2.45) is 0 Å². The van der Waals surface area contributed by atoms with Crippen LogP contribution in [0.3, 0.4) is 0 Å². The van der Waals surface area contributed by atoms with Crippen LogP contribution in [0.25, 0.3) is 0 Å². The van der Waals surface area contributed by atoms with Gasteiger partial charge in [0.2, 0.25) is 15.9 Å². The molecule has 1 atom stereocenters. The third kappa shape index (κ3) is 5.06. The third-order valence-electron chi connectivity index (χ3n) is 4.08. The molecule has 2 rings (SSSR count). The summed E-state index contributed by atoms with van der Waals surface area (Å²) in [6.07, 6.45) is 0. The number of hydrogen-bond acceptors (Lipinski definition) is 3. The van der Waals surface area contributed by atoms with Gasteiger partial charge in [0.25, 0.3) is 0 Å². The molecular formula is C19H23ClN2O3S. The molecule has 2 aromatic carbocycles. The molecule has 0 fully saturated rings. The lowest BCUT2D eigenvalue weighted by Gasteiger charge is -2.22. The van der Waals surface area contributed by atoms with E-state index >= 15 is 0 Å². The average molecular weight is 395 g/mol. The normalized spacial score (nSPS) is 12.8. The number of carbonyl (C=O) groups excluding carboxylic acids is 1. The van der Waals surface area contributed by atoms with Gasteiger partial charge in [-0.05, 0) is 43.7 Å². The first-order valence-electron chi connectivity index (χ1n) is 8.35. The van der Waals surface area contributed by atoms with E-state index in [0.29, 0.717) is 5.02 Å². The maximum absolute atomic E-state index is 12.7. The highest BCUT2D eigenvalue weighted by Crippen LogP contribution is 2.18. The molecule has 2 aromatic rings. The molecule has 0 heterocycles. The largest absolute Gasteiger partial charge is 0.348 e. The fourth-order valence-corrected chi connectivity index (χ4v) is 4.04. The molecule has 0 saturated heterocycles. The van der Waals surface area contributed by atoms with Crippen molar-refractivity contribution < 1.29 is 13.2 Å². The molecule has 0 aliphatic heterocycles. The molecule has 0 aliphatic rings. The summed E-state index contributed by atoms with van der Waals surface area (Å²) in [6.45, 7) is 5.41. The van der Waals surface area contributed by atoms with E-state index in [-0.39, 0.29) is 29.9 Å². The Kier molecular flexibility index (Phi) is 6.81. The van der Waals surface area contributed by atoms with Crippen molar-refractivity contribution in [2.45, 2.75) is 31.7 Å². The summed E-state index contributed by atoms with van der Waals surface area (Å²) in [5, 5.41) is 3.44.